The lowest BCUT2D eigenvalue weighted by atomic mass is 10.00. The highest BCUT2D eigenvalue weighted by atomic mass is 127. The van der Waals surface area contributed by atoms with Crippen LogP contribution >= 0.6 is 24.0 Å². The lowest BCUT2D eigenvalue weighted by Crippen LogP contribution is -2.49. The van der Waals surface area contributed by atoms with E-state index in [0.29, 0.717) is 12.0 Å². The van der Waals surface area contributed by atoms with Gasteiger partial charge in [-0.15, -0.1) is 24.0 Å². The summed E-state index contributed by atoms with van der Waals surface area (Å²) in [6.07, 6.45) is 3.46. The lowest BCUT2D eigenvalue weighted by Gasteiger charge is -2.33. The fourth-order valence-electron chi connectivity index (χ4n) is 3.56. The molecule has 0 bridgehead atoms. The number of ether oxygens (including phenoxy) is 1. The summed E-state index contributed by atoms with van der Waals surface area (Å²) < 4.78 is 5.16. The molecule has 1 heterocycles. The second-order valence-electron chi connectivity index (χ2n) is 7.64. The molecule has 1 aromatic carbocycles. The van der Waals surface area contributed by atoms with Crippen molar-refractivity contribution < 1.29 is 4.74 Å². The number of hydrogen-bond donors (Lipinski definition) is 2. The minimum Gasteiger partial charge on any atom is -0.385 e. The molecule has 1 aromatic rings. The molecule has 6 heteroatoms. The van der Waals surface area contributed by atoms with Gasteiger partial charge in [0.1, 0.15) is 0 Å². The molecule has 0 saturated carbocycles. The van der Waals surface area contributed by atoms with E-state index < -0.39 is 0 Å². The van der Waals surface area contributed by atoms with Crippen molar-refractivity contribution in [2.24, 2.45) is 4.99 Å². The van der Waals surface area contributed by atoms with E-state index in [1.165, 1.54) is 24.0 Å². The molecule has 5 nitrogen and oxygen atoms in total. The molecule has 0 aromatic heterocycles. The highest BCUT2D eigenvalue weighted by molar-refractivity contribution is 14.0. The van der Waals surface area contributed by atoms with Crippen LogP contribution in [0.15, 0.2) is 29.3 Å². The van der Waals surface area contributed by atoms with Crippen molar-refractivity contribution in [2.45, 2.75) is 52.0 Å². The summed E-state index contributed by atoms with van der Waals surface area (Å²) in [5, 5.41) is 7.06. The largest absolute Gasteiger partial charge is 0.385 e. The molecule has 1 aliphatic rings. The number of likely N-dealkylation sites (tertiary alicyclic amines) is 1. The molecular weight excluding hydrogens is 463 g/mol. The van der Waals surface area contributed by atoms with E-state index in [1.54, 1.807) is 7.11 Å². The van der Waals surface area contributed by atoms with E-state index in [1.807, 2.05) is 0 Å². The number of methoxy groups -OCH3 is 1. The van der Waals surface area contributed by atoms with Gasteiger partial charge in [-0.05, 0) is 38.7 Å². The second-order valence-corrected chi connectivity index (χ2v) is 7.64. The quantitative estimate of drug-likeness (QED) is 0.234. The summed E-state index contributed by atoms with van der Waals surface area (Å²) in [5.74, 6) is 1.37. The van der Waals surface area contributed by atoms with Crippen LogP contribution in [0.25, 0.3) is 0 Å². The molecule has 1 fully saturated rings. The first-order valence-electron chi connectivity index (χ1n) is 10.4. The Morgan fingerprint density at radius 2 is 2.07 bits per heavy atom. The van der Waals surface area contributed by atoms with Crippen molar-refractivity contribution in [1.82, 2.24) is 15.5 Å². The van der Waals surface area contributed by atoms with Gasteiger partial charge in [0.25, 0.3) is 0 Å². The first-order chi connectivity index (χ1) is 13.1. The molecule has 2 N–H and O–H groups in total. The summed E-state index contributed by atoms with van der Waals surface area (Å²) in [7, 11) is 1.78. The zero-order valence-electron chi connectivity index (χ0n) is 18.0. The standard InChI is InChI=1S/C22H38N4O.HI/c1-5-23-22(24-17-19(3)20-9-6-8-18(2)16-20)25-21-10-13-26(14-11-21)12-7-15-27-4;/h6,8-9,16,19,21H,5,7,10-15,17H2,1-4H3,(H2,23,24,25);1H. The molecule has 1 aliphatic heterocycles. The summed E-state index contributed by atoms with van der Waals surface area (Å²) >= 11 is 0. The molecule has 28 heavy (non-hydrogen) atoms. The van der Waals surface area contributed by atoms with Crippen LogP contribution in [0.3, 0.4) is 0 Å². The Kier molecular flexibility index (Phi) is 12.7. The van der Waals surface area contributed by atoms with E-state index in [2.05, 4.69) is 60.6 Å². The monoisotopic (exact) mass is 502 g/mol. The number of piperidine rings is 1. The molecule has 0 radical (unpaired) electrons. The van der Waals surface area contributed by atoms with Crippen LogP contribution < -0.4 is 10.6 Å². The summed E-state index contributed by atoms with van der Waals surface area (Å²) in [4.78, 5) is 7.40. The van der Waals surface area contributed by atoms with Gasteiger partial charge in [0.2, 0.25) is 0 Å². The molecule has 0 amide bonds. The lowest BCUT2D eigenvalue weighted by molar-refractivity contribution is 0.155. The van der Waals surface area contributed by atoms with Gasteiger partial charge in [0.15, 0.2) is 5.96 Å². The molecule has 0 spiro atoms. The van der Waals surface area contributed by atoms with Crippen molar-refractivity contribution in [1.29, 1.82) is 0 Å². The highest BCUT2D eigenvalue weighted by Crippen LogP contribution is 2.17. The minimum atomic E-state index is 0. The summed E-state index contributed by atoms with van der Waals surface area (Å²) in [6, 6.07) is 9.25. The molecule has 160 valence electrons. The Hall–Kier alpha value is -0.860. The SMILES string of the molecule is CCNC(=NCC(C)c1cccc(C)c1)NC1CCN(CCCOC)CC1.I. The number of rotatable bonds is 9. The van der Waals surface area contributed by atoms with Crippen LogP contribution in [-0.4, -0.2) is 63.3 Å². The van der Waals surface area contributed by atoms with Gasteiger partial charge in [-0.3, -0.25) is 4.99 Å². The number of aryl methyl sites for hydroxylation is 1. The topological polar surface area (TPSA) is 48.9 Å². The van der Waals surface area contributed by atoms with Gasteiger partial charge in [-0.2, -0.15) is 0 Å². The Labute approximate surface area is 188 Å². The maximum Gasteiger partial charge on any atom is 0.191 e. The van der Waals surface area contributed by atoms with Gasteiger partial charge in [-0.1, -0.05) is 36.8 Å². The van der Waals surface area contributed by atoms with Gasteiger partial charge in [0.05, 0.1) is 0 Å². The van der Waals surface area contributed by atoms with Gasteiger partial charge in [-0.25, -0.2) is 0 Å². The van der Waals surface area contributed by atoms with Gasteiger partial charge in [0, 0.05) is 58.4 Å². The average molecular weight is 502 g/mol. The number of aliphatic imine (C=N–C) groups is 1. The number of hydrogen-bond acceptors (Lipinski definition) is 3. The van der Waals surface area contributed by atoms with Crippen LogP contribution in [0.1, 0.15) is 50.2 Å². The van der Waals surface area contributed by atoms with E-state index in [4.69, 9.17) is 9.73 Å². The average Bonchev–Trinajstić information content (AvgIpc) is 2.67. The maximum atomic E-state index is 5.16. The number of halogens is 1. The Morgan fingerprint density at radius 1 is 1.32 bits per heavy atom. The van der Waals surface area contributed by atoms with Crippen LogP contribution in [0.4, 0.5) is 0 Å². The van der Waals surface area contributed by atoms with E-state index in [9.17, 15) is 0 Å². The molecule has 1 saturated heterocycles. The van der Waals surface area contributed by atoms with E-state index in [-0.39, 0.29) is 24.0 Å². The molecule has 2 rings (SSSR count). The third kappa shape index (κ3) is 9.09. The van der Waals surface area contributed by atoms with Crippen molar-refractivity contribution in [2.75, 3.05) is 46.4 Å². The zero-order chi connectivity index (χ0) is 19.5. The van der Waals surface area contributed by atoms with Crippen LogP contribution in [-0.2, 0) is 4.74 Å². The molecule has 1 atom stereocenters. The van der Waals surface area contributed by atoms with Crippen molar-refractivity contribution in [3.63, 3.8) is 0 Å². The predicted octanol–water partition coefficient (Wildman–Crippen LogP) is 3.77. The van der Waals surface area contributed by atoms with Crippen molar-refractivity contribution in [3.05, 3.63) is 35.4 Å². The van der Waals surface area contributed by atoms with Gasteiger partial charge >= 0.3 is 0 Å². The van der Waals surface area contributed by atoms with Crippen molar-refractivity contribution in [3.8, 4) is 0 Å². The summed E-state index contributed by atoms with van der Waals surface area (Å²) in [6.45, 7) is 12.5. The fraction of sp³-hybridized carbons (Fsp3) is 0.682. The smallest absolute Gasteiger partial charge is 0.191 e. The predicted molar refractivity (Wildman–Crippen MR) is 130 cm³/mol. The second kappa shape index (κ2) is 14.2. The Morgan fingerprint density at radius 3 is 2.71 bits per heavy atom. The first-order valence-corrected chi connectivity index (χ1v) is 10.4. The minimum absolute atomic E-state index is 0. The van der Waals surface area contributed by atoms with E-state index in [0.717, 1.165) is 51.7 Å². The molecule has 0 aliphatic carbocycles. The Balaban J connectivity index is 0.00000392. The molecular formula is C22H39IN4O. The number of benzene rings is 1. The van der Waals surface area contributed by atoms with Crippen LogP contribution in [0, 0.1) is 6.92 Å². The van der Waals surface area contributed by atoms with Crippen LogP contribution in [0.5, 0.6) is 0 Å². The van der Waals surface area contributed by atoms with E-state index >= 15 is 0 Å². The molecule has 1 unspecified atom stereocenters. The van der Waals surface area contributed by atoms with Crippen LogP contribution in [0.2, 0.25) is 0 Å². The van der Waals surface area contributed by atoms with Gasteiger partial charge < -0.3 is 20.3 Å². The Bertz CT molecular complexity index is 573. The summed E-state index contributed by atoms with van der Waals surface area (Å²) in [5.41, 5.74) is 2.67. The maximum absolute atomic E-state index is 5.16. The zero-order valence-corrected chi connectivity index (χ0v) is 20.4. The highest BCUT2D eigenvalue weighted by Gasteiger charge is 2.19. The first kappa shape index (κ1) is 25.2. The fourth-order valence-corrected chi connectivity index (χ4v) is 3.56. The number of nitrogens with one attached hydrogen (secondary N) is 2. The normalized spacial score (nSPS) is 17.1. The third-order valence-electron chi connectivity index (χ3n) is 5.23. The number of guanidine groups is 1. The van der Waals surface area contributed by atoms with Crippen molar-refractivity contribution >= 4 is 29.9 Å². The third-order valence-corrected chi connectivity index (χ3v) is 5.23. The number of nitrogens with zero attached hydrogens (tertiary/aromatic N) is 2.